The Balaban J connectivity index is 1.54. The molecule has 6 nitrogen and oxygen atoms in total. The van der Waals surface area contributed by atoms with Crippen LogP contribution in [-0.2, 0) is 6.18 Å². The van der Waals surface area contributed by atoms with E-state index in [2.05, 4.69) is 10.00 Å². The van der Waals surface area contributed by atoms with Crippen LogP contribution < -0.4 is 15.8 Å². The largest absolute Gasteiger partial charge is 0.416 e. The van der Waals surface area contributed by atoms with Gasteiger partial charge in [0.15, 0.2) is 5.82 Å². The molecule has 0 aliphatic carbocycles. The van der Waals surface area contributed by atoms with Crippen LogP contribution in [0.4, 0.5) is 24.7 Å². The maximum Gasteiger partial charge on any atom is 0.416 e. The summed E-state index contributed by atoms with van der Waals surface area (Å²) in [5.41, 5.74) is 0.818. The lowest BCUT2D eigenvalue weighted by atomic mass is 10.1. The van der Waals surface area contributed by atoms with Crippen molar-refractivity contribution < 1.29 is 18.0 Å². The number of anilines is 2. The van der Waals surface area contributed by atoms with Crippen molar-refractivity contribution in [1.29, 1.82) is 0 Å². The molecule has 3 aromatic rings. The molecule has 2 aromatic carbocycles. The molecule has 2 heterocycles. The normalized spacial score (nSPS) is 14.5. The standard InChI is InChI=1S/C22H22F3N5O/c23-22(24,25)17-7-5-9-19(15-17)29-13-10-20(27-29)30(26)21(31)16-6-4-8-18(14-16)28-11-2-1-3-12-28/h4-10,13-15H,1-3,11-12,26H2. The van der Waals surface area contributed by atoms with Gasteiger partial charge in [0.05, 0.1) is 11.3 Å². The zero-order valence-corrected chi connectivity index (χ0v) is 16.7. The number of benzene rings is 2. The Bertz CT molecular complexity index is 1070. The van der Waals surface area contributed by atoms with Crippen LogP contribution in [0.3, 0.4) is 0 Å². The van der Waals surface area contributed by atoms with E-state index in [4.69, 9.17) is 5.84 Å². The predicted molar refractivity (Wildman–Crippen MR) is 112 cm³/mol. The highest BCUT2D eigenvalue weighted by Gasteiger charge is 2.30. The van der Waals surface area contributed by atoms with Gasteiger partial charge in [0, 0.05) is 36.6 Å². The highest BCUT2D eigenvalue weighted by molar-refractivity contribution is 6.05. The van der Waals surface area contributed by atoms with Gasteiger partial charge in [-0.15, -0.1) is 5.10 Å². The third-order valence-electron chi connectivity index (χ3n) is 5.29. The topological polar surface area (TPSA) is 67.4 Å². The summed E-state index contributed by atoms with van der Waals surface area (Å²) >= 11 is 0. The van der Waals surface area contributed by atoms with Crippen LogP contribution in [0.5, 0.6) is 0 Å². The molecule has 1 amide bonds. The van der Waals surface area contributed by atoms with E-state index in [1.54, 1.807) is 12.1 Å². The number of nitrogens with zero attached hydrogens (tertiary/aromatic N) is 4. The first-order chi connectivity index (χ1) is 14.8. The highest BCUT2D eigenvalue weighted by atomic mass is 19.4. The quantitative estimate of drug-likeness (QED) is 0.379. The Morgan fingerprint density at radius 1 is 0.968 bits per heavy atom. The van der Waals surface area contributed by atoms with Crippen molar-refractivity contribution in [3.05, 3.63) is 71.9 Å². The van der Waals surface area contributed by atoms with Crippen LogP contribution in [-0.4, -0.2) is 28.8 Å². The number of hydrazine groups is 1. The molecule has 0 radical (unpaired) electrons. The molecule has 0 bridgehead atoms. The maximum absolute atomic E-state index is 13.0. The first-order valence-corrected chi connectivity index (χ1v) is 10.0. The summed E-state index contributed by atoms with van der Waals surface area (Å²) in [5.74, 6) is 5.68. The molecule has 0 saturated carbocycles. The van der Waals surface area contributed by atoms with Gasteiger partial charge >= 0.3 is 6.18 Å². The fraction of sp³-hybridized carbons (Fsp3) is 0.273. The molecule has 9 heteroatoms. The van der Waals surface area contributed by atoms with Gasteiger partial charge < -0.3 is 4.90 Å². The highest BCUT2D eigenvalue weighted by Crippen LogP contribution is 2.30. The predicted octanol–water partition coefficient (Wildman–Crippen LogP) is 4.40. The fourth-order valence-corrected chi connectivity index (χ4v) is 3.64. The van der Waals surface area contributed by atoms with Gasteiger partial charge in [-0.05, 0) is 55.7 Å². The molecule has 31 heavy (non-hydrogen) atoms. The summed E-state index contributed by atoms with van der Waals surface area (Å²) in [6.07, 6.45) is 0.450. The Kier molecular flexibility index (Phi) is 5.69. The van der Waals surface area contributed by atoms with Crippen molar-refractivity contribution in [2.45, 2.75) is 25.4 Å². The third kappa shape index (κ3) is 4.56. The summed E-state index contributed by atoms with van der Waals surface area (Å²) in [4.78, 5) is 15.1. The molecule has 0 spiro atoms. The van der Waals surface area contributed by atoms with Gasteiger partial charge in [-0.2, -0.15) is 13.2 Å². The molecule has 1 fully saturated rings. The van der Waals surface area contributed by atoms with Gasteiger partial charge in [-0.1, -0.05) is 12.1 Å². The molecule has 0 unspecified atom stereocenters. The number of hydrogen-bond donors (Lipinski definition) is 1. The van der Waals surface area contributed by atoms with Crippen LogP contribution >= 0.6 is 0 Å². The summed E-state index contributed by atoms with van der Waals surface area (Å²) in [6, 6.07) is 13.5. The average Bonchev–Trinajstić information content (AvgIpc) is 3.29. The van der Waals surface area contributed by atoms with Crippen molar-refractivity contribution in [3.8, 4) is 5.69 Å². The minimum atomic E-state index is -4.46. The van der Waals surface area contributed by atoms with Crippen LogP contribution in [0.1, 0.15) is 35.2 Å². The number of amides is 1. The fourth-order valence-electron chi connectivity index (χ4n) is 3.64. The lowest BCUT2D eigenvalue weighted by molar-refractivity contribution is -0.137. The van der Waals surface area contributed by atoms with Crippen LogP contribution in [0.2, 0.25) is 0 Å². The molecular formula is C22H22F3N5O. The van der Waals surface area contributed by atoms with Crippen molar-refractivity contribution in [1.82, 2.24) is 9.78 Å². The number of hydrogen-bond acceptors (Lipinski definition) is 4. The summed E-state index contributed by atoms with van der Waals surface area (Å²) in [6.45, 7) is 1.90. The number of aromatic nitrogens is 2. The third-order valence-corrected chi connectivity index (χ3v) is 5.29. The number of halogens is 3. The molecule has 4 rings (SSSR count). The number of carbonyl (C=O) groups excluding carboxylic acids is 1. The number of carbonyl (C=O) groups is 1. The minimum absolute atomic E-state index is 0.130. The van der Waals surface area contributed by atoms with Gasteiger partial charge in [0.1, 0.15) is 0 Å². The molecule has 1 aromatic heterocycles. The molecule has 2 N–H and O–H groups in total. The van der Waals surface area contributed by atoms with Gasteiger partial charge in [-0.25, -0.2) is 15.5 Å². The summed E-state index contributed by atoms with van der Waals surface area (Å²) in [7, 11) is 0. The molecule has 1 saturated heterocycles. The second-order valence-electron chi connectivity index (χ2n) is 7.44. The van der Waals surface area contributed by atoms with E-state index >= 15 is 0 Å². The molecule has 1 aliphatic rings. The number of piperidine rings is 1. The Hall–Kier alpha value is -3.33. The maximum atomic E-state index is 13.0. The smallest absolute Gasteiger partial charge is 0.372 e. The van der Waals surface area contributed by atoms with Crippen LogP contribution in [0.15, 0.2) is 60.8 Å². The molecule has 162 valence electrons. The van der Waals surface area contributed by atoms with Crippen LogP contribution in [0.25, 0.3) is 5.69 Å². The van der Waals surface area contributed by atoms with Crippen molar-refractivity contribution >= 4 is 17.4 Å². The minimum Gasteiger partial charge on any atom is -0.372 e. The second-order valence-corrected chi connectivity index (χ2v) is 7.44. The molecule has 0 atom stereocenters. The lowest BCUT2D eigenvalue weighted by Crippen LogP contribution is -2.38. The first kappa shape index (κ1) is 20.9. The molecule has 1 aliphatic heterocycles. The van der Waals surface area contributed by atoms with Crippen molar-refractivity contribution in [2.75, 3.05) is 23.0 Å². The summed E-state index contributed by atoms with van der Waals surface area (Å²) in [5, 5.41) is 5.08. The Morgan fingerprint density at radius 3 is 2.42 bits per heavy atom. The number of nitrogens with two attached hydrogens (primary N) is 1. The first-order valence-electron chi connectivity index (χ1n) is 10.0. The average molecular weight is 429 g/mol. The van der Waals surface area contributed by atoms with E-state index in [9.17, 15) is 18.0 Å². The zero-order valence-electron chi connectivity index (χ0n) is 16.7. The Labute approximate surface area is 177 Å². The molecular weight excluding hydrogens is 407 g/mol. The van der Waals surface area contributed by atoms with E-state index in [1.165, 1.54) is 35.5 Å². The van der Waals surface area contributed by atoms with Crippen molar-refractivity contribution in [2.24, 2.45) is 5.84 Å². The van der Waals surface area contributed by atoms with E-state index < -0.39 is 17.6 Å². The second kappa shape index (κ2) is 8.43. The van der Waals surface area contributed by atoms with Gasteiger partial charge in [0.2, 0.25) is 0 Å². The lowest BCUT2D eigenvalue weighted by Gasteiger charge is -2.29. The Morgan fingerprint density at radius 2 is 1.68 bits per heavy atom. The summed E-state index contributed by atoms with van der Waals surface area (Å²) < 4.78 is 40.2. The van der Waals surface area contributed by atoms with E-state index in [0.717, 1.165) is 48.8 Å². The zero-order chi connectivity index (χ0) is 22.0. The number of rotatable bonds is 4. The monoisotopic (exact) mass is 429 g/mol. The van der Waals surface area contributed by atoms with Gasteiger partial charge in [-0.3, -0.25) is 4.79 Å². The van der Waals surface area contributed by atoms with E-state index in [1.807, 2.05) is 12.1 Å². The van der Waals surface area contributed by atoms with Crippen LogP contribution in [0, 0.1) is 0 Å². The SMILES string of the molecule is NN(C(=O)c1cccc(N2CCCCC2)c1)c1ccn(-c2cccc(C(F)(F)F)c2)n1. The van der Waals surface area contributed by atoms with E-state index in [-0.39, 0.29) is 11.5 Å². The van der Waals surface area contributed by atoms with E-state index in [0.29, 0.717) is 5.56 Å². The number of alkyl halides is 3. The van der Waals surface area contributed by atoms with Crippen molar-refractivity contribution in [3.63, 3.8) is 0 Å². The van der Waals surface area contributed by atoms with Gasteiger partial charge in [0.25, 0.3) is 5.91 Å².